The standard InChI is InChI=1S/C17H23N3O4/c1-23-14-8-7-13(15(10-14)24-2)11-18-19-16(21)12-20-9-5-3-4-6-17(20)22/h7-8,10-11H,3-6,9,12H2,1-2H3,(H,19,21)/b18-11-. The maximum absolute atomic E-state index is 11.9. The lowest BCUT2D eigenvalue weighted by Gasteiger charge is -2.18. The van der Waals surface area contributed by atoms with Crippen LogP contribution < -0.4 is 14.9 Å². The number of hydrogen-bond acceptors (Lipinski definition) is 5. The molecule has 1 heterocycles. The summed E-state index contributed by atoms with van der Waals surface area (Å²) in [5.74, 6) is 0.986. The monoisotopic (exact) mass is 333 g/mol. The topological polar surface area (TPSA) is 80.2 Å². The first kappa shape index (κ1) is 17.8. The van der Waals surface area contributed by atoms with Crippen molar-refractivity contribution in [3.8, 4) is 11.5 Å². The van der Waals surface area contributed by atoms with Crippen LogP contribution in [0.5, 0.6) is 11.5 Å². The molecule has 1 N–H and O–H groups in total. The Morgan fingerprint density at radius 2 is 2.12 bits per heavy atom. The van der Waals surface area contributed by atoms with Crippen LogP contribution in [0.15, 0.2) is 23.3 Å². The van der Waals surface area contributed by atoms with Crippen LogP contribution in [-0.2, 0) is 9.59 Å². The Bertz CT molecular complexity index is 616. The second-order valence-corrected chi connectivity index (χ2v) is 5.53. The molecule has 1 aromatic rings. The molecule has 1 aliphatic heterocycles. The molecule has 0 unspecified atom stereocenters. The van der Waals surface area contributed by atoms with Gasteiger partial charge in [-0.2, -0.15) is 5.10 Å². The van der Waals surface area contributed by atoms with Gasteiger partial charge in [0.25, 0.3) is 5.91 Å². The second-order valence-electron chi connectivity index (χ2n) is 5.53. The Labute approximate surface area is 141 Å². The van der Waals surface area contributed by atoms with E-state index in [4.69, 9.17) is 9.47 Å². The van der Waals surface area contributed by atoms with Gasteiger partial charge in [0.05, 0.1) is 20.4 Å². The van der Waals surface area contributed by atoms with Crippen LogP contribution in [0.1, 0.15) is 31.2 Å². The maximum atomic E-state index is 11.9. The Kier molecular flexibility index (Phi) is 6.60. The van der Waals surface area contributed by atoms with Crippen LogP contribution in [0.4, 0.5) is 0 Å². The van der Waals surface area contributed by atoms with Crippen molar-refractivity contribution in [1.29, 1.82) is 0 Å². The largest absolute Gasteiger partial charge is 0.497 e. The summed E-state index contributed by atoms with van der Waals surface area (Å²) in [5, 5.41) is 3.94. The number of amides is 2. The Morgan fingerprint density at radius 1 is 1.29 bits per heavy atom. The highest BCUT2D eigenvalue weighted by molar-refractivity contribution is 5.87. The second kappa shape index (κ2) is 8.90. The van der Waals surface area contributed by atoms with E-state index in [9.17, 15) is 9.59 Å². The molecule has 0 spiro atoms. The summed E-state index contributed by atoms with van der Waals surface area (Å²) >= 11 is 0. The molecule has 0 aromatic heterocycles. The Morgan fingerprint density at radius 3 is 2.88 bits per heavy atom. The van der Waals surface area contributed by atoms with Crippen LogP contribution in [0.25, 0.3) is 0 Å². The van der Waals surface area contributed by atoms with E-state index in [1.165, 1.54) is 6.21 Å². The van der Waals surface area contributed by atoms with Gasteiger partial charge >= 0.3 is 0 Å². The summed E-state index contributed by atoms with van der Waals surface area (Å²) in [6.45, 7) is 0.665. The normalized spacial score (nSPS) is 15.2. The molecular weight excluding hydrogens is 310 g/mol. The fourth-order valence-electron chi connectivity index (χ4n) is 2.51. The number of carbonyl (C=O) groups is 2. The van der Waals surface area contributed by atoms with E-state index < -0.39 is 0 Å². The summed E-state index contributed by atoms with van der Waals surface area (Å²) in [5.41, 5.74) is 3.16. The van der Waals surface area contributed by atoms with Gasteiger partial charge in [-0.15, -0.1) is 0 Å². The van der Waals surface area contributed by atoms with E-state index in [1.54, 1.807) is 37.3 Å². The van der Waals surface area contributed by atoms with Crippen LogP contribution >= 0.6 is 0 Å². The molecule has 0 saturated carbocycles. The molecule has 1 fully saturated rings. The Hall–Kier alpha value is -2.57. The van der Waals surface area contributed by atoms with Crippen LogP contribution in [-0.4, -0.2) is 50.2 Å². The van der Waals surface area contributed by atoms with E-state index in [1.807, 2.05) is 0 Å². The van der Waals surface area contributed by atoms with Crippen molar-refractivity contribution in [3.05, 3.63) is 23.8 Å². The first-order valence-corrected chi connectivity index (χ1v) is 7.95. The Balaban J connectivity index is 1.91. The minimum absolute atomic E-state index is 0.0310. The van der Waals surface area contributed by atoms with Crippen molar-refractivity contribution in [1.82, 2.24) is 10.3 Å². The molecule has 0 radical (unpaired) electrons. The third-order valence-corrected chi connectivity index (χ3v) is 3.84. The van der Waals surface area contributed by atoms with Crippen LogP contribution in [0.3, 0.4) is 0 Å². The molecule has 24 heavy (non-hydrogen) atoms. The van der Waals surface area contributed by atoms with Crippen molar-refractivity contribution in [2.45, 2.75) is 25.7 Å². The first-order chi connectivity index (χ1) is 11.6. The highest BCUT2D eigenvalue weighted by Gasteiger charge is 2.18. The van der Waals surface area contributed by atoms with Gasteiger partial charge < -0.3 is 14.4 Å². The zero-order valence-corrected chi connectivity index (χ0v) is 14.1. The quantitative estimate of drug-likeness (QED) is 0.633. The molecule has 1 aromatic carbocycles. The van der Waals surface area contributed by atoms with E-state index in [2.05, 4.69) is 10.5 Å². The van der Waals surface area contributed by atoms with Gasteiger partial charge in [-0.05, 0) is 25.0 Å². The number of likely N-dealkylation sites (tertiary alicyclic amines) is 1. The number of rotatable bonds is 6. The van der Waals surface area contributed by atoms with Crippen molar-refractivity contribution in [3.63, 3.8) is 0 Å². The molecule has 2 amide bonds. The lowest BCUT2D eigenvalue weighted by molar-refractivity contribution is -0.135. The molecule has 1 aliphatic rings. The average Bonchev–Trinajstić information content (AvgIpc) is 2.79. The van der Waals surface area contributed by atoms with E-state index in [-0.39, 0.29) is 18.4 Å². The summed E-state index contributed by atoms with van der Waals surface area (Å²) in [7, 11) is 3.13. The first-order valence-electron chi connectivity index (χ1n) is 7.95. The third-order valence-electron chi connectivity index (χ3n) is 3.84. The molecule has 7 heteroatoms. The molecule has 0 atom stereocenters. The number of carbonyl (C=O) groups excluding carboxylic acids is 2. The van der Waals surface area contributed by atoms with Gasteiger partial charge in [-0.3, -0.25) is 9.59 Å². The predicted molar refractivity (Wildman–Crippen MR) is 90.3 cm³/mol. The maximum Gasteiger partial charge on any atom is 0.259 e. The van der Waals surface area contributed by atoms with Crippen LogP contribution in [0.2, 0.25) is 0 Å². The lowest BCUT2D eigenvalue weighted by atomic mass is 10.2. The van der Waals surface area contributed by atoms with Gasteiger partial charge in [0, 0.05) is 24.6 Å². The highest BCUT2D eigenvalue weighted by Crippen LogP contribution is 2.22. The van der Waals surface area contributed by atoms with Gasteiger partial charge in [0.1, 0.15) is 18.0 Å². The van der Waals surface area contributed by atoms with Gasteiger partial charge in [-0.1, -0.05) is 6.42 Å². The van der Waals surface area contributed by atoms with Crippen LogP contribution in [0, 0.1) is 0 Å². The minimum Gasteiger partial charge on any atom is -0.497 e. The number of hydrogen-bond donors (Lipinski definition) is 1. The predicted octanol–water partition coefficient (Wildman–Crippen LogP) is 1.56. The fraction of sp³-hybridized carbons (Fsp3) is 0.471. The van der Waals surface area contributed by atoms with Crippen molar-refractivity contribution in [2.75, 3.05) is 27.3 Å². The molecule has 0 aliphatic carbocycles. The minimum atomic E-state index is -0.311. The zero-order valence-electron chi connectivity index (χ0n) is 14.1. The fourth-order valence-corrected chi connectivity index (χ4v) is 2.51. The molecular formula is C17H23N3O4. The number of hydrazone groups is 1. The summed E-state index contributed by atoms with van der Waals surface area (Å²) in [4.78, 5) is 25.4. The lowest BCUT2D eigenvalue weighted by Crippen LogP contribution is -2.39. The molecule has 130 valence electrons. The molecule has 7 nitrogen and oxygen atoms in total. The van der Waals surface area contributed by atoms with E-state index >= 15 is 0 Å². The summed E-state index contributed by atoms with van der Waals surface area (Å²) in [6.07, 6.45) is 4.87. The number of nitrogens with one attached hydrogen (secondary N) is 1. The SMILES string of the molecule is COc1ccc(/C=N\NC(=O)CN2CCCCCC2=O)c(OC)c1. The number of ether oxygens (including phenoxy) is 2. The van der Waals surface area contributed by atoms with Gasteiger partial charge in [0.2, 0.25) is 5.91 Å². The van der Waals surface area contributed by atoms with Crippen molar-refractivity contribution >= 4 is 18.0 Å². The summed E-state index contributed by atoms with van der Waals surface area (Å²) in [6, 6.07) is 5.30. The zero-order chi connectivity index (χ0) is 17.4. The van der Waals surface area contributed by atoms with Gasteiger partial charge in [0.15, 0.2) is 0 Å². The molecule has 1 saturated heterocycles. The summed E-state index contributed by atoms with van der Waals surface area (Å²) < 4.78 is 10.4. The molecule has 0 bridgehead atoms. The average molecular weight is 333 g/mol. The number of benzene rings is 1. The smallest absolute Gasteiger partial charge is 0.259 e. The number of methoxy groups -OCH3 is 2. The third kappa shape index (κ3) is 4.97. The van der Waals surface area contributed by atoms with E-state index in [0.29, 0.717) is 30.0 Å². The highest BCUT2D eigenvalue weighted by atomic mass is 16.5. The van der Waals surface area contributed by atoms with Gasteiger partial charge in [-0.25, -0.2) is 5.43 Å². The number of nitrogens with zero attached hydrogens (tertiary/aromatic N) is 2. The molecule has 2 rings (SSSR count). The van der Waals surface area contributed by atoms with Crippen molar-refractivity contribution in [2.24, 2.45) is 5.10 Å². The van der Waals surface area contributed by atoms with Crippen molar-refractivity contribution < 1.29 is 19.1 Å². The van der Waals surface area contributed by atoms with E-state index in [0.717, 1.165) is 19.3 Å².